The second kappa shape index (κ2) is 14.1. The Morgan fingerprint density at radius 2 is 1.13 bits per heavy atom. The molecule has 4 rings (SSSR count). The predicted octanol–water partition coefficient (Wildman–Crippen LogP) is 8.04. The molecule has 1 amide bonds. The molecule has 0 fully saturated rings. The lowest BCUT2D eigenvalue weighted by atomic mass is 9.81. The van der Waals surface area contributed by atoms with E-state index in [0.717, 1.165) is 12.3 Å². The largest absolute Gasteiger partial charge is 0.488 e. The average Bonchev–Trinajstić information content (AvgIpc) is 2.98. The summed E-state index contributed by atoms with van der Waals surface area (Å²) in [5.74, 6) is 0.898. The topological polar surface area (TPSA) is 50.4 Å². The van der Waals surface area contributed by atoms with Crippen molar-refractivity contribution in [1.82, 2.24) is 10.6 Å². The quantitative estimate of drug-likeness (QED) is 0.138. The second-order valence-corrected chi connectivity index (χ2v) is 19.2. The molecule has 0 aliphatic heterocycles. The van der Waals surface area contributed by atoms with E-state index in [4.69, 9.17) is 4.74 Å². The van der Waals surface area contributed by atoms with Gasteiger partial charge in [0.1, 0.15) is 34.5 Å². The van der Waals surface area contributed by atoms with Crippen LogP contribution in [0.25, 0.3) is 0 Å². The van der Waals surface area contributed by atoms with Crippen LogP contribution < -0.4 is 31.3 Å². The van der Waals surface area contributed by atoms with Crippen LogP contribution in [0.1, 0.15) is 73.8 Å². The SMILES string of the molecule is CNCc1cccc(OC(C)(C)CC(C)(C)NC(=O)C(C)(C)CC(C)(C)[P+](c2ccccc2)(c2ccccc2)c2ccccc2)c1. The number of benzene rings is 4. The van der Waals surface area contributed by atoms with Crippen molar-refractivity contribution in [3.8, 4) is 5.75 Å². The molecular weight excluding hydrogens is 583 g/mol. The Labute approximate surface area is 278 Å². The van der Waals surface area contributed by atoms with E-state index < -0.39 is 23.8 Å². The molecule has 5 heteroatoms. The fourth-order valence-electron chi connectivity index (χ4n) is 7.59. The van der Waals surface area contributed by atoms with Crippen LogP contribution in [-0.4, -0.2) is 29.3 Å². The Morgan fingerprint density at radius 3 is 1.59 bits per heavy atom. The van der Waals surface area contributed by atoms with E-state index in [9.17, 15) is 4.79 Å². The van der Waals surface area contributed by atoms with Crippen LogP contribution in [0.2, 0.25) is 0 Å². The zero-order valence-corrected chi connectivity index (χ0v) is 30.2. The van der Waals surface area contributed by atoms with Crippen LogP contribution in [0.15, 0.2) is 115 Å². The third-order valence-corrected chi connectivity index (χ3v) is 14.0. The highest BCUT2D eigenvalue weighted by Crippen LogP contribution is 2.68. The van der Waals surface area contributed by atoms with Gasteiger partial charge < -0.3 is 15.4 Å². The summed E-state index contributed by atoms with van der Waals surface area (Å²) in [6.45, 7) is 18.1. The molecule has 0 spiro atoms. The zero-order chi connectivity index (χ0) is 33.6. The summed E-state index contributed by atoms with van der Waals surface area (Å²) in [6, 6.07) is 41.0. The minimum Gasteiger partial charge on any atom is -0.488 e. The first-order valence-electron chi connectivity index (χ1n) is 16.4. The van der Waals surface area contributed by atoms with E-state index in [1.54, 1.807) is 0 Å². The number of hydrogen-bond acceptors (Lipinski definition) is 3. The molecule has 0 aliphatic carbocycles. The molecule has 0 heterocycles. The van der Waals surface area contributed by atoms with Crippen LogP contribution in [0.3, 0.4) is 0 Å². The average molecular weight is 638 g/mol. The van der Waals surface area contributed by atoms with Crippen LogP contribution in [0.5, 0.6) is 5.75 Å². The second-order valence-electron chi connectivity index (χ2n) is 15.1. The lowest BCUT2D eigenvalue weighted by Crippen LogP contribution is -2.54. The van der Waals surface area contributed by atoms with E-state index in [1.807, 2.05) is 19.2 Å². The number of carbonyl (C=O) groups is 1. The highest BCUT2D eigenvalue weighted by Gasteiger charge is 2.59. The molecule has 0 saturated carbocycles. The molecule has 0 bridgehead atoms. The van der Waals surface area contributed by atoms with Gasteiger partial charge in [-0.05, 0) is 103 Å². The van der Waals surface area contributed by atoms with Crippen LogP contribution in [0.4, 0.5) is 0 Å². The van der Waals surface area contributed by atoms with Crippen LogP contribution in [0, 0.1) is 5.41 Å². The summed E-state index contributed by atoms with van der Waals surface area (Å²) in [7, 11) is -0.287. The number of hydrogen-bond donors (Lipinski definition) is 2. The van der Waals surface area contributed by atoms with Gasteiger partial charge in [-0.3, -0.25) is 4.79 Å². The normalized spacial score (nSPS) is 12.9. The maximum atomic E-state index is 14.3. The van der Waals surface area contributed by atoms with Crippen LogP contribution >= 0.6 is 7.26 Å². The van der Waals surface area contributed by atoms with Crippen molar-refractivity contribution < 1.29 is 9.53 Å². The maximum Gasteiger partial charge on any atom is 0.226 e. The Morgan fingerprint density at radius 1 is 0.652 bits per heavy atom. The molecule has 2 N–H and O–H groups in total. The highest BCUT2D eigenvalue weighted by atomic mass is 31.2. The molecule has 0 aromatic heterocycles. The molecular formula is C41H54N2O2P+. The molecule has 0 aliphatic rings. The van der Waals surface area contributed by atoms with E-state index >= 15 is 0 Å². The lowest BCUT2D eigenvalue weighted by molar-refractivity contribution is -0.132. The first-order valence-corrected chi connectivity index (χ1v) is 18.2. The van der Waals surface area contributed by atoms with Gasteiger partial charge in [-0.15, -0.1) is 0 Å². The fraction of sp³-hybridized carbons (Fsp3) is 0.390. The Kier molecular flexibility index (Phi) is 10.9. The molecule has 244 valence electrons. The van der Waals surface area contributed by atoms with Gasteiger partial charge in [0.25, 0.3) is 0 Å². The van der Waals surface area contributed by atoms with Gasteiger partial charge in [-0.1, -0.05) is 80.6 Å². The Bertz CT molecular complexity index is 1470. The monoisotopic (exact) mass is 637 g/mol. The van der Waals surface area contributed by atoms with Gasteiger partial charge in [-0.2, -0.15) is 0 Å². The molecule has 0 unspecified atom stereocenters. The van der Waals surface area contributed by atoms with Crippen molar-refractivity contribution in [2.24, 2.45) is 5.41 Å². The first kappa shape index (κ1) is 35.4. The summed E-state index contributed by atoms with van der Waals surface area (Å²) < 4.78 is 6.49. The van der Waals surface area contributed by atoms with Gasteiger partial charge in [0.05, 0.1) is 5.16 Å². The Hall–Kier alpha value is -3.46. The van der Waals surface area contributed by atoms with Gasteiger partial charge in [0.2, 0.25) is 5.91 Å². The summed E-state index contributed by atoms with van der Waals surface area (Å²) >= 11 is 0. The van der Waals surface area contributed by atoms with Gasteiger partial charge >= 0.3 is 0 Å². The number of rotatable bonds is 14. The standard InChI is InChI=1S/C41H53N2O2P/c1-38(2,37(44)43-39(3,4)31-40(5,6)45-33-21-19-20-32(28-33)29-42-9)30-41(7,8)46(34-22-13-10-14-23-34,35-24-15-11-16-25-35)36-26-17-12-18-27-36/h10-28,42H,29-31H2,1-9H3/p+1. The van der Waals surface area contributed by atoms with E-state index in [0.29, 0.717) is 12.8 Å². The third-order valence-electron chi connectivity index (χ3n) is 8.82. The van der Waals surface area contributed by atoms with Crippen molar-refractivity contribution in [3.63, 3.8) is 0 Å². The van der Waals surface area contributed by atoms with Crippen molar-refractivity contribution in [2.75, 3.05) is 7.05 Å². The lowest BCUT2D eigenvalue weighted by Gasteiger charge is -2.44. The van der Waals surface area contributed by atoms with Gasteiger partial charge in [0.15, 0.2) is 0 Å². The number of nitrogens with one attached hydrogen (secondary N) is 2. The van der Waals surface area contributed by atoms with E-state index in [2.05, 4.69) is 169 Å². The summed E-state index contributed by atoms with van der Waals surface area (Å²) in [4.78, 5) is 14.3. The number of amides is 1. The fourth-order valence-corrected chi connectivity index (χ4v) is 13.1. The van der Waals surface area contributed by atoms with E-state index in [-0.39, 0.29) is 11.1 Å². The number of carbonyl (C=O) groups excluding carboxylic acids is 1. The minimum atomic E-state index is -2.23. The number of ether oxygens (including phenoxy) is 1. The van der Waals surface area contributed by atoms with E-state index in [1.165, 1.54) is 21.5 Å². The summed E-state index contributed by atoms with van der Waals surface area (Å²) in [6.07, 6.45) is 1.35. The predicted molar refractivity (Wildman–Crippen MR) is 198 cm³/mol. The van der Waals surface area contributed by atoms with Crippen molar-refractivity contribution >= 4 is 29.1 Å². The Balaban J connectivity index is 1.63. The molecule has 4 aromatic carbocycles. The molecule has 46 heavy (non-hydrogen) atoms. The van der Waals surface area contributed by atoms with Crippen molar-refractivity contribution in [1.29, 1.82) is 0 Å². The van der Waals surface area contributed by atoms with Gasteiger partial charge in [-0.25, -0.2) is 0 Å². The summed E-state index contributed by atoms with van der Waals surface area (Å²) in [5.41, 5.74) is -0.452. The molecule has 0 radical (unpaired) electrons. The zero-order valence-electron chi connectivity index (χ0n) is 29.4. The van der Waals surface area contributed by atoms with Gasteiger partial charge in [0, 0.05) is 30.3 Å². The molecule has 4 nitrogen and oxygen atoms in total. The summed E-state index contributed by atoms with van der Waals surface area (Å²) in [5, 5.41) is 10.4. The molecule has 0 atom stereocenters. The highest BCUT2D eigenvalue weighted by molar-refractivity contribution is 7.96. The van der Waals surface area contributed by atoms with Crippen molar-refractivity contribution in [2.45, 2.75) is 91.1 Å². The first-order chi connectivity index (χ1) is 21.6. The minimum absolute atomic E-state index is 0.0599. The maximum absolute atomic E-state index is 14.3. The third kappa shape index (κ3) is 8.08. The molecule has 0 saturated heterocycles. The van der Waals surface area contributed by atoms with Crippen molar-refractivity contribution in [3.05, 3.63) is 121 Å². The smallest absolute Gasteiger partial charge is 0.226 e. The van der Waals surface area contributed by atoms with Crippen LogP contribution in [-0.2, 0) is 11.3 Å². The molecule has 4 aromatic rings.